The van der Waals surface area contributed by atoms with Crippen molar-refractivity contribution in [2.24, 2.45) is 0 Å². The molecule has 0 saturated carbocycles. The van der Waals surface area contributed by atoms with Crippen LogP contribution in [-0.2, 0) is 4.79 Å². The third-order valence-electron chi connectivity index (χ3n) is 4.63. The topological polar surface area (TPSA) is 38.1 Å². The van der Waals surface area contributed by atoms with E-state index in [1.54, 1.807) is 6.08 Å². The Morgan fingerprint density at radius 3 is 2.27 bits per heavy atom. The minimum absolute atomic E-state index is 0.0778. The Labute approximate surface area is 153 Å². The van der Waals surface area contributed by atoms with Crippen LogP contribution in [-0.4, -0.2) is 33.7 Å². The number of hydrogen-bond acceptors (Lipinski definition) is 2. The number of para-hydroxylation sites is 1. The van der Waals surface area contributed by atoms with Crippen LogP contribution in [0.2, 0.25) is 0 Å². The standard InChI is InChI=1S/C22H21N3O/c26-21(24-15-7-8-16-24)14-13-19-17-25(20-11-5-2-6-12-20)23-22(19)18-9-3-1-4-10-18/h1-6,9-14,17H,7-8,15-16H2/b14-13+. The van der Waals surface area contributed by atoms with Gasteiger partial charge >= 0.3 is 0 Å². The monoisotopic (exact) mass is 343 g/mol. The predicted molar refractivity (Wildman–Crippen MR) is 104 cm³/mol. The fraction of sp³-hybridized carbons (Fsp3) is 0.182. The molecule has 2 aromatic carbocycles. The molecule has 1 aromatic heterocycles. The minimum atomic E-state index is 0.0778. The number of aromatic nitrogens is 2. The first kappa shape index (κ1) is 16.3. The first-order chi connectivity index (χ1) is 12.8. The molecule has 1 aliphatic rings. The van der Waals surface area contributed by atoms with E-state index in [0.29, 0.717) is 0 Å². The van der Waals surface area contributed by atoms with E-state index in [1.807, 2.05) is 82.5 Å². The van der Waals surface area contributed by atoms with Crippen molar-refractivity contribution in [3.05, 3.63) is 78.5 Å². The van der Waals surface area contributed by atoms with Gasteiger partial charge in [0.2, 0.25) is 5.91 Å². The molecule has 4 nitrogen and oxygen atoms in total. The number of nitrogens with zero attached hydrogens (tertiary/aromatic N) is 3. The number of carbonyl (C=O) groups excluding carboxylic acids is 1. The zero-order valence-electron chi connectivity index (χ0n) is 14.6. The van der Waals surface area contributed by atoms with Crippen LogP contribution in [0.15, 0.2) is 72.9 Å². The Bertz CT molecular complexity index is 907. The molecule has 0 unspecified atom stereocenters. The highest BCUT2D eigenvalue weighted by atomic mass is 16.2. The molecule has 0 radical (unpaired) electrons. The summed E-state index contributed by atoms with van der Waals surface area (Å²) in [6.45, 7) is 1.72. The van der Waals surface area contributed by atoms with Crippen molar-refractivity contribution in [3.63, 3.8) is 0 Å². The quantitative estimate of drug-likeness (QED) is 0.667. The molecule has 1 aliphatic heterocycles. The number of carbonyl (C=O) groups is 1. The van der Waals surface area contributed by atoms with E-state index in [-0.39, 0.29) is 5.91 Å². The molecule has 2 heterocycles. The van der Waals surface area contributed by atoms with Gasteiger partial charge in [-0.2, -0.15) is 5.10 Å². The van der Waals surface area contributed by atoms with Crippen LogP contribution in [0.4, 0.5) is 0 Å². The second-order valence-corrected chi connectivity index (χ2v) is 6.44. The molecule has 1 fully saturated rings. The Kier molecular flexibility index (Phi) is 4.65. The van der Waals surface area contributed by atoms with Gasteiger partial charge in [-0.3, -0.25) is 4.79 Å². The average Bonchev–Trinajstić information content (AvgIpc) is 3.38. The molecule has 0 aliphatic carbocycles. The van der Waals surface area contributed by atoms with E-state index < -0.39 is 0 Å². The van der Waals surface area contributed by atoms with E-state index in [4.69, 9.17) is 5.10 Å². The van der Waals surface area contributed by atoms with E-state index >= 15 is 0 Å². The van der Waals surface area contributed by atoms with Crippen molar-refractivity contribution in [1.29, 1.82) is 0 Å². The normalized spacial score (nSPS) is 14.2. The SMILES string of the molecule is O=C(/C=C/c1cn(-c2ccccc2)nc1-c1ccccc1)N1CCCC1. The van der Waals surface area contributed by atoms with E-state index in [2.05, 4.69) is 0 Å². The Morgan fingerprint density at radius 1 is 0.923 bits per heavy atom. The third kappa shape index (κ3) is 3.45. The summed E-state index contributed by atoms with van der Waals surface area (Å²) >= 11 is 0. The van der Waals surface area contributed by atoms with Gasteiger partial charge in [0.25, 0.3) is 0 Å². The number of amides is 1. The molecular weight excluding hydrogens is 322 g/mol. The lowest BCUT2D eigenvalue weighted by atomic mass is 10.1. The van der Waals surface area contributed by atoms with Crippen LogP contribution < -0.4 is 0 Å². The largest absolute Gasteiger partial charge is 0.339 e. The predicted octanol–water partition coefficient (Wildman–Crippen LogP) is 4.17. The highest BCUT2D eigenvalue weighted by Gasteiger charge is 2.16. The van der Waals surface area contributed by atoms with Crippen molar-refractivity contribution in [2.45, 2.75) is 12.8 Å². The summed E-state index contributed by atoms with van der Waals surface area (Å²) in [6.07, 6.45) is 7.73. The smallest absolute Gasteiger partial charge is 0.246 e. The molecular formula is C22H21N3O. The van der Waals surface area contributed by atoms with Crippen LogP contribution in [0.25, 0.3) is 23.0 Å². The van der Waals surface area contributed by atoms with Crippen LogP contribution in [0.5, 0.6) is 0 Å². The molecule has 1 saturated heterocycles. The average molecular weight is 343 g/mol. The van der Waals surface area contributed by atoms with E-state index in [1.165, 1.54) is 0 Å². The minimum Gasteiger partial charge on any atom is -0.339 e. The first-order valence-electron chi connectivity index (χ1n) is 8.99. The second kappa shape index (κ2) is 7.40. The van der Waals surface area contributed by atoms with E-state index in [0.717, 1.165) is 48.4 Å². The van der Waals surface area contributed by atoms with Crippen LogP contribution >= 0.6 is 0 Å². The highest BCUT2D eigenvalue weighted by molar-refractivity contribution is 5.93. The Morgan fingerprint density at radius 2 is 1.58 bits per heavy atom. The van der Waals surface area contributed by atoms with Gasteiger partial charge in [0, 0.05) is 36.5 Å². The lowest BCUT2D eigenvalue weighted by Gasteiger charge is -2.11. The zero-order chi connectivity index (χ0) is 17.8. The maximum atomic E-state index is 12.4. The molecule has 0 N–H and O–H groups in total. The van der Waals surface area contributed by atoms with Gasteiger partial charge in [-0.25, -0.2) is 4.68 Å². The Hall–Kier alpha value is -3.14. The van der Waals surface area contributed by atoms with Crippen LogP contribution in [0, 0.1) is 0 Å². The van der Waals surface area contributed by atoms with E-state index in [9.17, 15) is 4.79 Å². The Balaban J connectivity index is 1.70. The fourth-order valence-corrected chi connectivity index (χ4v) is 3.25. The van der Waals surface area contributed by atoms with Gasteiger partial charge in [0.05, 0.1) is 11.4 Å². The van der Waals surface area contributed by atoms with Gasteiger partial charge in [-0.1, -0.05) is 48.5 Å². The van der Waals surface area contributed by atoms with Crippen molar-refractivity contribution in [1.82, 2.24) is 14.7 Å². The van der Waals surface area contributed by atoms with Crippen molar-refractivity contribution < 1.29 is 4.79 Å². The molecule has 0 atom stereocenters. The number of likely N-dealkylation sites (tertiary alicyclic amines) is 1. The summed E-state index contributed by atoms with van der Waals surface area (Å²) in [4.78, 5) is 14.3. The van der Waals surface area contributed by atoms with Gasteiger partial charge < -0.3 is 4.90 Å². The first-order valence-corrected chi connectivity index (χ1v) is 8.99. The fourth-order valence-electron chi connectivity index (χ4n) is 3.25. The lowest BCUT2D eigenvalue weighted by Crippen LogP contribution is -2.25. The van der Waals surface area contributed by atoms with Gasteiger partial charge in [0.1, 0.15) is 0 Å². The number of hydrogen-bond donors (Lipinski definition) is 0. The van der Waals surface area contributed by atoms with Gasteiger partial charge in [0.15, 0.2) is 0 Å². The maximum absolute atomic E-state index is 12.4. The summed E-state index contributed by atoms with van der Waals surface area (Å²) in [7, 11) is 0. The summed E-state index contributed by atoms with van der Waals surface area (Å²) in [5.41, 5.74) is 3.85. The van der Waals surface area contributed by atoms with Crippen molar-refractivity contribution in [3.8, 4) is 16.9 Å². The molecule has 130 valence electrons. The maximum Gasteiger partial charge on any atom is 0.246 e. The van der Waals surface area contributed by atoms with Crippen molar-refractivity contribution >= 4 is 12.0 Å². The number of benzene rings is 2. The summed E-state index contributed by atoms with van der Waals surface area (Å²) in [5, 5.41) is 4.77. The molecule has 0 bridgehead atoms. The lowest BCUT2D eigenvalue weighted by molar-refractivity contribution is -0.124. The second-order valence-electron chi connectivity index (χ2n) is 6.44. The highest BCUT2D eigenvalue weighted by Crippen LogP contribution is 2.25. The van der Waals surface area contributed by atoms with Crippen molar-refractivity contribution in [2.75, 3.05) is 13.1 Å². The third-order valence-corrected chi connectivity index (χ3v) is 4.63. The van der Waals surface area contributed by atoms with Gasteiger partial charge in [-0.15, -0.1) is 0 Å². The zero-order valence-corrected chi connectivity index (χ0v) is 14.6. The summed E-state index contributed by atoms with van der Waals surface area (Å²) in [5.74, 6) is 0.0778. The molecule has 4 rings (SSSR count). The summed E-state index contributed by atoms with van der Waals surface area (Å²) < 4.78 is 1.86. The molecule has 26 heavy (non-hydrogen) atoms. The van der Waals surface area contributed by atoms with Crippen LogP contribution in [0.1, 0.15) is 18.4 Å². The number of rotatable bonds is 4. The molecule has 0 spiro atoms. The van der Waals surface area contributed by atoms with Crippen LogP contribution in [0.3, 0.4) is 0 Å². The molecule has 1 amide bonds. The van der Waals surface area contributed by atoms with Gasteiger partial charge in [-0.05, 0) is 31.1 Å². The molecule has 4 heteroatoms. The summed E-state index contributed by atoms with van der Waals surface area (Å²) in [6, 6.07) is 20.1. The molecule has 3 aromatic rings.